The Balaban J connectivity index is 2.71. The van der Waals surface area contributed by atoms with Crippen molar-refractivity contribution in [2.24, 2.45) is 5.92 Å². The molecule has 1 heterocycles. The first-order valence-electron chi connectivity index (χ1n) is 7.56. The molecule has 102 valence electrons. The molecule has 2 heteroatoms. The molecule has 1 unspecified atom stereocenters. The summed E-state index contributed by atoms with van der Waals surface area (Å²) in [6.45, 7) is 15.3. The third kappa shape index (κ3) is 3.69. The van der Waals surface area contributed by atoms with Crippen LogP contribution in [-0.4, -0.2) is 36.1 Å². The molecule has 2 nitrogen and oxygen atoms in total. The van der Waals surface area contributed by atoms with Gasteiger partial charge in [-0.1, -0.05) is 41.0 Å². The Bertz CT molecular complexity index is 209. The van der Waals surface area contributed by atoms with E-state index in [0.29, 0.717) is 11.6 Å². The van der Waals surface area contributed by atoms with Gasteiger partial charge in [-0.25, -0.2) is 0 Å². The predicted octanol–water partition coefficient (Wildman–Crippen LogP) is 3.28. The predicted molar refractivity (Wildman–Crippen MR) is 76.4 cm³/mol. The summed E-state index contributed by atoms with van der Waals surface area (Å²) in [5, 5.41) is 3.77. The molecule has 1 fully saturated rings. The van der Waals surface area contributed by atoms with Crippen molar-refractivity contribution in [1.29, 1.82) is 0 Å². The molecule has 0 aromatic rings. The van der Waals surface area contributed by atoms with Crippen LogP contribution in [0.4, 0.5) is 0 Å². The average molecular weight is 240 g/mol. The number of rotatable bonds is 6. The summed E-state index contributed by atoms with van der Waals surface area (Å²) >= 11 is 0. The molecule has 1 N–H and O–H groups in total. The van der Waals surface area contributed by atoms with Gasteiger partial charge in [0.05, 0.1) is 0 Å². The Hall–Kier alpha value is -0.0800. The van der Waals surface area contributed by atoms with Gasteiger partial charge in [-0.2, -0.15) is 0 Å². The summed E-state index contributed by atoms with van der Waals surface area (Å²) in [6, 6.07) is 0.713. The van der Waals surface area contributed by atoms with E-state index in [1.165, 1.54) is 45.3 Å². The normalized spacial score (nSPS) is 25.4. The van der Waals surface area contributed by atoms with E-state index in [1.54, 1.807) is 0 Å². The molecule has 0 aromatic carbocycles. The minimum Gasteiger partial charge on any atom is -0.311 e. The lowest BCUT2D eigenvalue weighted by molar-refractivity contribution is 0.0207. The lowest BCUT2D eigenvalue weighted by Crippen LogP contribution is -2.64. The van der Waals surface area contributed by atoms with Crippen molar-refractivity contribution in [1.82, 2.24) is 10.2 Å². The van der Waals surface area contributed by atoms with Gasteiger partial charge in [0.1, 0.15) is 0 Å². The zero-order chi connectivity index (χ0) is 12.9. The fourth-order valence-corrected chi connectivity index (χ4v) is 3.17. The highest BCUT2D eigenvalue weighted by atomic mass is 15.3. The van der Waals surface area contributed by atoms with E-state index in [1.807, 2.05) is 0 Å². The minimum absolute atomic E-state index is 0.411. The molecule has 1 aliphatic rings. The van der Waals surface area contributed by atoms with Crippen LogP contribution in [0.15, 0.2) is 0 Å². The Kier molecular flexibility index (Phi) is 5.94. The number of hydrogen-bond donors (Lipinski definition) is 1. The molecule has 17 heavy (non-hydrogen) atoms. The first kappa shape index (κ1) is 15.0. The highest BCUT2D eigenvalue weighted by Gasteiger charge is 2.38. The van der Waals surface area contributed by atoms with Crippen LogP contribution < -0.4 is 5.32 Å². The smallest absolute Gasteiger partial charge is 0.0329 e. The lowest BCUT2D eigenvalue weighted by atomic mass is 9.86. The largest absolute Gasteiger partial charge is 0.311 e. The maximum Gasteiger partial charge on any atom is 0.0329 e. The van der Waals surface area contributed by atoms with Crippen LogP contribution in [-0.2, 0) is 0 Å². The van der Waals surface area contributed by atoms with Crippen LogP contribution >= 0.6 is 0 Å². The van der Waals surface area contributed by atoms with Gasteiger partial charge in [0.15, 0.2) is 0 Å². The van der Waals surface area contributed by atoms with Gasteiger partial charge in [-0.05, 0) is 25.2 Å². The fraction of sp³-hybridized carbons (Fsp3) is 1.00. The molecule has 1 saturated heterocycles. The Labute approximate surface area is 108 Å². The van der Waals surface area contributed by atoms with Crippen LogP contribution in [0, 0.1) is 5.92 Å². The summed E-state index contributed by atoms with van der Waals surface area (Å²) in [7, 11) is 0. The SMILES string of the molecule is CCCC1CN(CC(C)C)C(CC)(CC)CN1. The average Bonchev–Trinajstić information content (AvgIpc) is 2.30. The molecule has 0 spiro atoms. The lowest BCUT2D eigenvalue weighted by Gasteiger charge is -2.50. The van der Waals surface area contributed by atoms with Gasteiger partial charge in [0.2, 0.25) is 0 Å². The van der Waals surface area contributed by atoms with Crippen LogP contribution in [0.2, 0.25) is 0 Å². The molecule has 0 aliphatic carbocycles. The van der Waals surface area contributed by atoms with E-state index >= 15 is 0 Å². The molecule has 0 aromatic heterocycles. The van der Waals surface area contributed by atoms with Crippen LogP contribution in [0.3, 0.4) is 0 Å². The second-order valence-electron chi connectivity index (χ2n) is 6.10. The minimum atomic E-state index is 0.411. The number of piperazine rings is 1. The van der Waals surface area contributed by atoms with Crippen molar-refractivity contribution in [2.45, 2.75) is 71.9 Å². The van der Waals surface area contributed by atoms with Crippen molar-refractivity contribution >= 4 is 0 Å². The molecule has 0 saturated carbocycles. The second kappa shape index (κ2) is 6.75. The first-order chi connectivity index (χ1) is 8.07. The molecule has 1 atom stereocenters. The molecule has 1 aliphatic heterocycles. The third-order valence-electron chi connectivity index (χ3n) is 4.37. The Morgan fingerprint density at radius 1 is 1.24 bits per heavy atom. The zero-order valence-electron chi connectivity index (χ0n) is 12.6. The van der Waals surface area contributed by atoms with Crippen molar-refractivity contribution in [3.05, 3.63) is 0 Å². The highest BCUT2D eigenvalue weighted by molar-refractivity contribution is 4.97. The van der Waals surface area contributed by atoms with Gasteiger partial charge < -0.3 is 5.32 Å². The molecule has 0 amide bonds. The van der Waals surface area contributed by atoms with E-state index in [2.05, 4.69) is 44.8 Å². The zero-order valence-corrected chi connectivity index (χ0v) is 12.6. The maximum atomic E-state index is 3.77. The number of nitrogens with zero attached hydrogens (tertiary/aromatic N) is 1. The molecular weight excluding hydrogens is 208 g/mol. The quantitative estimate of drug-likeness (QED) is 0.766. The van der Waals surface area contributed by atoms with Gasteiger partial charge in [0, 0.05) is 31.2 Å². The Morgan fingerprint density at radius 3 is 2.35 bits per heavy atom. The summed E-state index contributed by atoms with van der Waals surface area (Å²) in [5.41, 5.74) is 0.411. The Morgan fingerprint density at radius 2 is 1.88 bits per heavy atom. The van der Waals surface area contributed by atoms with Gasteiger partial charge in [-0.15, -0.1) is 0 Å². The maximum absolute atomic E-state index is 3.77. The van der Waals surface area contributed by atoms with Crippen molar-refractivity contribution in [3.8, 4) is 0 Å². The molecule has 0 bridgehead atoms. The van der Waals surface area contributed by atoms with Crippen molar-refractivity contribution < 1.29 is 0 Å². The summed E-state index contributed by atoms with van der Waals surface area (Å²) < 4.78 is 0. The van der Waals surface area contributed by atoms with E-state index in [0.717, 1.165) is 5.92 Å². The first-order valence-corrected chi connectivity index (χ1v) is 7.56. The summed E-state index contributed by atoms with van der Waals surface area (Å²) in [6.07, 6.45) is 5.14. The van der Waals surface area contributed by atoms with E-state index < -0.39 is 0 Å². The van der Waals surface area contributed by atoms with E-state index in [4.69, 9.17) is 0 Å². The molecule has 0 radical (unpaired) electrons. The second-order valence-corrected chi connectivity index (χ2v) is 6.10. The number of nitrogens with one attached hydrogen (secondary N) is 1. The van der Waals surface area contributed by atoms with E-state index in [9.17, 15) is 0 Å². The van der Waals surface area contributed by atoms with Crippen LogP contribution in [0.1, 0.15) is 60.3 Å². The van der Waals surface area contributed by atoms with E-state index in [-0.39, 0.29) is 0 Å². The molecular formula is C15H32N2. The van der Waals surface area contributed by atoms with Gasteiger partial charge in [-0.3, -0.25) is 4.90 Å². The standard InChI is InChI=1S/C15H32N2/c1-6-9-14-11-17(10-13(4)5)15(7-2,8-3)12-16-14/h13-14,16H,6-12H2,1-5H3. The summed E-state index contributed by atoms with van der Waals surface area (Å²) in [4.78, 5) is 2.77. The van der Waals surface area contributed by atoms with Gasteiger partial charge in [0.25, 0.3) is 0 Å². The van der Waals surface area contributed by atoms with Crippen LogP contribution in [0.5, 0.6) is 0 Å². The van der Waals surface area contributed by atoms with Crippen LogP contribution in [0.25, 0.3) is 0 Å². The molecule has 1 rings (SSSR count). The third-order valence-corrected chi connectivity index (χ3v) is 4.37. The monoisotopic (exact) mass is 240 g/mol. The fourth-order valence-electron chi connectivity index (χ4n) is 3.17. The van der Waals surface area contributed by atoms with Crippen molar-refractivity contribution in [3.63, 3.8) is 0 Å². The summed E-state index contributed by atoms with van der Waals surface area (Å²) in [5.74, 6) is 0.771. The topological polar surface area (TPSA) is 15.3 Å². The van der Waals surface area contributed by atoms with Gasteiger partial charge >= 0.3 is 0 Å². The highest BCUT2D eigenvalue weighted by Crippen LogP contribution is 2.28. The number of hydrogen-bond acceptors (Lipinski definition) is 2. The van der Waals surface area contributed by atoms with Crippen molar-refractivity contribution in [2.75, 3.05) is 19.6 Å².